The Morgan fingerprint density at radius 2 is 1.90 bits per heavy atom. The fourth-order valence-corrected chi connectivity index (χ4v) is 1.57. The zero-order valence-corrected chi connectivity index (χ0v) is 10.6. The van der Waals surface area contributed by atoms with Gasteiger partial charge >= 0.3 is 5.97 Å². The normalized spacial score (nSPS) is 10.1. The summed E-state index contributed by atoms with van der Waals surface area (Å²) >= 11 is 0. The molecule has 1 aromatic heterocycles. The number of pyridine rings is 1. The Morgan fingerprint density at radius 3 is 2.45 bits per heavy atom. The molecule has 0 spiro atoms. The predicted octanol–water partition coefficient (Wildman–Crippen LogP) is 2.48. The molecule has 2 rings (SSSR count). The minimum Gasteiger partial charge on any atom is -0.478 e. The number of aryl methyl sites for hydroxylation is 1. The number of carboxylic acid groups (broad SMARTS) is 1. The van der Waals surface area contributed by atoms with Crippen molar-refractivity contribution >= 4 is 17.7 Å². The van der Waals surface area contributed by atoms with Gasteiger partial charge in [0, 0.05) is 11.8 Å². The lowest BCUT2D eigenvalue weighted by Gasteiger charge is -2.05. The van der Waals surface area contributed by atoms with Crippen LogP contribution in [0.15, 0.2) is 36.5 Å². The summed E-state index contributed by atoms with van der Waals surface area (Å²) in [4.78, 5) is 26.4. The van der Waals surface area contributed by atoms with Crippen LogP contribution < -0.4 is 5.32 Å². The van der Waals surface area contributed by atoms with Gasteiger partial charge in [-0.1, -0.05) is 0 Å². The molecule has 2 N–H and O–H groups in total. The Kier molecular flexibility index (Phi) is 3.74. The minimum atomic E-state index is -1.09. The number of aromatic nitrogens is 1. The molecule has 0 fully saturated rings. The molecule has 102 valence electrons. The zero-order chi connectivity index (χ0) is 14.7. The largest absolute Gasteiger partial charge is 0.478 e. The number of nitrogens with zero attached hydrogens (tertiary/aromatic N) is 1. The maximum absolute atomic E-state index is 13.1. The van der Waals surface area contributed by atoms with Gasteiger partial charge in [0.1, 0.15) is 11.6 Å². The van der Waals surface area contributed by atoms with Crippen LogP contribution in [0.2, 0.25) is 0 Å². The Hall–Kier alpha value is -2.76. The van der Waals surface area contributed by atoms with Crippen molar-refractivity contribution in [2.45, 2.75) is 6.92 Å². The molecule has 6 heteroatoms. The van der Waals surface area contributed by atoms with Gasteiger partial charge in [-0.25, -0.2) is 14.2 Å². The molecular weight excluding hydrogens is 263 g/mol. The Balaban J connectivity index is 2.14. The standard InChI is InChI=1S/C14H11FN2O3/c1-8-6-9(2-4-11(8)15)13(18)17-12-5-3-10(7-16-12)14(19)20/h2-7H,1H3,(H,19,20)(H,16,17,18). The summed E-state index contributed by atoms with van der Waals surface area (Å²) in [7, 11) is 0. The van der Waals surface area contributed by atoms with Crippen LogP contribution in [-0.4, -0.2) is 22.0 Å². The summed E-state index contributed by atoms with van der Waals surface area (Å²) in [6.45, 7) is 1.56. The first kappa shape index (κ1) is 13.7. The van der Waals surface area contributed by atoms with Gasteiger partial charge in [0.05, 0.1) is 5.56 Å². The highest BCUT2D eigenvalue weighted by Gasteiger charge is 2.09. The van der Waals surface area contributed by atoms with Gasteiger partial charge < -0.3 is 10.4 Å². The van der Waals surface area contributed by atoms with E-state index in [1.807, 2.05) is 0 Å². The summed E-state index contributed by atoms with van der Waals surface area (Å²) in [6.07, 6.45) is 1.15. The lowest BCUT2D eigenvalue weighted by Crippen LogP contribution is -2.13. The average Bonchev–Trinajstić information content (AvgIpc) is 2.42. The monoisotopic (exact) mass is 274 g/mol. The number of anilines is 1. The number of carbonyl (C=O) groups excluding carboxylic acids is 1. The fourth-order valence-electron chi connectivity index (χ4n) is 1.57. The number of carbonyl (C=O) groups is 2. The van der Waals surface area contributed by atoms with Crippen LogP contribution >= 0.6 is 0 Å². The molecule has 1 heterocycles. The summed E-state index contributed by atoms with van der Waals surface area (Å²) < 4.78 is 13.1. The van der Waals surface area contributed by atoms with Crippen LogP contribution in [-0.2, 0) is 0 Å². The van der Waals surface area contributed by atoms with Crippen molar-refractivity contribution in [2.24, 2.45) is 0 Å². The maximum atomic E-state index is 13.1. The SMILES string of the molecule is Cc1cc(C(=O)Nc2ccc(C(=O)O)cn2)ccc1F. The number of nitrogens with one attached hydrogen (secondary N) is 1. The van der Waals surface area contributed by atoms with Crippen molar-refractivity contribution in [1.29, 1.82) is 0 Å². The third kappa shape index (κ3) is 2.97. The second kappa shape index (κ2) is 5.48. The Labute approximate surface area is 114 Å². The molecule has 0 unspecified atom stereocenters. The molecule has 0 saturated carbocycles. The van der Waals surface area contributed by atoms with E-state index in [1.54, 1.807) is 6.92 Å². The van der Waals surface area contributed by atoms with Crippen molar-refractivity contribution in [3.63, 3.8) is 0 Å². The van der Waals surface area contributed by atoms with E-state index >= 15 is 0 Å². The Morgan fingerprint density at radius 1 is 1.20 bits per heavy atom. The van der Waals surface area contributed by atoms with E-state index in [-0.39, 0.29) is 17.2 Å². The fraction of sp³-hybridized carbons (Fsp3) is 0.0714. The number of hydrogen-bond donors (Lipinski definition) is 2. The molecule has 0 bridgehead atoms. The number of benzene rings is 1. The summed E-state index contributed by atoms with van der Waals surface area (Å²) in [6, 6.07) is 6.73. The molecule has 2 aromatic rings. The third-order valence-corrected chi connectivity index (χ3v) is 2.67. The number of aromatic carboxylic acids is 1. The number of halogens is 1. The summed E-state index contributed by atoms with van der Waals surface area (Å²) in [5.74, 6) is -1.69. The number of carboxylic acids is 1. The van der Waals surface area contributed by atoms with Crippen LogP contribution in [0.1, 0.15) is 26.3 Å². The molecule has 0 radical (unpaired) electrons. The van der Waals surface area contributed by atoms with Crippen LogP contribution in [0.4, 0.5) is 10.2 Å². The first-order chi connectivity index (χ1) is 9.47. The molecular formula is C14H11FN2O3. The molecule has 1 amide bonds. The van der Waals surface area contributed by atoms with Crippen molar-refractivity contribution in [1.82, 2.24) is 4.98 Å². The minimum absolute atomic E-state index is 0.0284. The molecule has 5 nitrogen and oxygen atoms in total. The van der Waals surface area contributed by atoms with Gasteiger partial charge in [0.25, 0.3) is 5.91 Å². The second-order valence-electron chi connectivity index (χ2n) is 4.16. The van der Waals surface area contributed by atoms with E-state index in [2.05, 4.69) is 10.3 Å². The van der Waals surface area contributed by atoms with Crippen LogP contribution in [0.3, 0.4) is 0 Å². The molecule has 0 aliphatic rings. The molecule has 1 aromatic carbocycles. The molecule has 0 aliphatic heterocycles. The van der Waals surface area contributed by atoms with E-state index in [1.165, 1.54) is 30.3 Å². The zero-order valence-electron chi connectivity index (χ0n) is 10.6. The van der Waals surface area contributed by atoms with E-state index in [4.69, 9.17) is 5.11 Å². The van der Waals surface area contributed by atoms with Gasteiger partial charge in [-0.15, -0.1) is 0 Å². The molecule has 20 heavy (non-hydrogen) atoms. The highest BCUT2D eigenvalue weighted by atomic mass is 19.1. The average molecular weight is 274 g/mol. The third-order valence-electron chi connectivity index (χ3n) is 2.67. The van der Waals surface area contributed by atoms with Gasteiger partial charge in [-0.05, 0) is 42.8 Å². The van der Waals surface area contributed by atoms with Crippen molar-refractivity contribution < 1.29 is 19.1 Å². The maximum Gasteiger partial charge on any atom is 0.337 e. The predicted molar refractivity (Wildman–Crippen MR) is 70.3 cm³/mol. The van der Waals surface area contributed by atoms with Gasteiger partial charge in [-0.3, -0.25) is 4.79 Å². The van der Waals surface area contributed by atoms with Gasteiger partial charge in [0.2, 0.25) is 0 Å². The molecule has 0 saturated heterocycles. The number of hydrogen-bond acceptors (Lipinski definition) is 3. The van der Waals surface area contributed by atoms with Crippen LogP contribution in [0, 0.1) is 12.7 Å². The van der Waals surface area contributed by atoms with Crippen molar-refractivity contribution in [3.05, 3.63) is 59.0 Å². The summed E-state index contributed by atoms with van der Waals surface area (Å²) in [5.41, 5.74) is 0.695. The number of amides is 1. The van der Waals surface area contributed by atoms with E-state index in [0.29, 0.717) is 11.1 Å². The highest BCUT2D eigenvalue weighted by Crippen LogP contribution is 2.12. The topological polar surface area (TPSA) is 79.3 Å². The highest BCUT2D eigenvalue weighted by molar-refractivity contribution is 6.04. The first-order valence-corrected chi connectivity index (χ1v) is 5.74. The lowest BCUT2D eigenvalue weighted by molar-refractivity contribution is 0.0696. The van der Waals surface area contributed by atoms with Gasteiger partial charge in [0.15, 0.2) is 0 Å². The Bertz CT molecular complexity index is 669. The molecule has 0 atom stereocenters. The van der Waals surface area contributed by atoms with Crippen LogP contribution in [0.25, 0.3) is 0 Å². The van der Waals surface area contributed by atoms with E-state index in [0.717, 1.165) is 6.20 Å². The van der Waals surface area contributed by atoms with Crippen LogP contribution in [0.5, 0.6) is 0 Å². The number of rotatable bonds is 3. The summed E-state index contributed by atoms with van der Waals surface area (Å²) in [5, 5.41) is 11.2. The van der Waals surface area contributed by atoms with Crippen molar-refractivity contribution in [2.75, 3.05) is 5.32 Å². The van der Waals surface area contributed by atoms with Crippen molar-refractivity contribution in [3.8, 4) is 0 Å². The lowest BCUT2D eigenvalue weighted by atomic mass is 10.1. The van der Waals surface area contributed by atoms with Gasteiger partial charge in [-0.2, -0.15) is 0 Å². The molecule has 0 aliphatic carbocycles. The van der Waals surface area contributed by atoms with E-state index in [9.17, 15) is 14.0 Å². The second-order valence-corrected chi connectivity index (χ2v) is 4.16. The quantitative estimate of drug-likeness (QED) is 0.901. The van der Waals surface area contributed by atoms with E-state index < -0.39 is 11.9 Å². The first-order valence-electron chi connectivity index (χ1n) is 5.74. The smallest absolute Gasteiger partial charge is 0.337 e.